The van der Waals surface area contributed by atoms with Gasteiger partial charge in [0.25, 0.3) is 0 Å². The zero-order chi connectivity index (χ0) is 14.4. The molecule has 106 valence electrons. The Kier molecular flexibility index (Phi) is 5.48. The quantitative estimate of drug-likeness (QED) is 0.823. The monoisotopic (exact) mass is 268 g/mol. The van der Waals surface area contributed by atoms with Crippen LogP contribution in [0, 0.1) is 5.92 Å². The standard InChI is InChI=1S/C14H20O5/c1-9(2)5-6-19-13-11(17-3)7-10(14(15)16)8-12(13)18-4/h7-9H,5-6H2,1-4H3,(H,15,16). The number of carboxylic acid groups (broad SMARTS) is 1. The van der Waals surface area contributed by atoms with Crippen LogP contribution in [-0.2, 0) is 0 Å². The third-order valence-electron chi connectivity index (χ3n) is 2.65. The van der Waals surface area contributed by atoms with Crippen molar-refractivity contribution < 1.29 is 24.1 Å². The number of hydrogen-bond acceptors (Lipinski definition) is 4. The molecule has 0 aliphatic rings. The number of carbonyl (C=O) groups is 1. The van der Waals surface area contributed by atoms with Gasteiger partial charge in [-0.25, -0.2) is 4.79 Å². The molecule has 0 aliphatic heterocycles. The summed E-state index contributed by atoms with van der Waals surface area (Å²) >= 11 is 0. The molecule has 5 heteroatoms. The largest absolute Gasteiger partial charge is 0.493 e. The van der Waals surface area contributed by atoms with Gasteiger partial charge in [-0.15, -0.1) is 0 Å². The molecule has 0 fully saturated rings. The van der Waals surface area contributed by atoms with E-state index >= 15 is 0 Å². The van der Waals surface area contributed by atoms with E-state index in [-0.39, 0.29) is 5.56 Å². The Morgan fingerprint density at radius 2 is 1.74 bits per heavy atom. The molecule has 0 atom stereocenters. The van der Waals surface area contributed by atoms with E-state index in [9.17, 15) is 4.79 Å². The fraction of sp³-hybridized carbons (Fsp3) is 0.500. The number of aromatic carboxylic acids is 1. The first-order valence-corrected chi connectivity index (χ1v) is 6.11. The molecule has 0 radical (unpaired) electrons. The van der Waals surface area contributed by atoms with Gasteiger partial charge in [-0.1, -0.05) is 13.8 Å². The molecule has 0 saturated heterocycles. The fourth-order valence-electron chi connectivity index (χ4n) is 1.54. The molecule has 0 bridgehead atoms. The van der Waals surface area contributed by atoms with E-state index < -0.39 is 5.97 Å². The maximum atomic E-state index is 11.0. The first-order valence-electron chi connectivity index (χ1n) is 6.11. The second-order valence-electron chi connectivity index (χ2n) is 4.55. The van der Waals surface area contributed by atoms with E-state index in [1.807, 2.05) is 0 Å². The highest BCUT2D eigenvalue weighted by atomic mass is 16.5. The molecule has 0 amide bonds. The van der Waals surface area contributed by atoms with Crippen molar-refractivity contribution in [3.05, 3.63) is 17.7 Å². The lowest BCUT2D eigenvalue weighted by Gasteiger charge is -2.15. The predicted octanol–water partition coefficient (Wildman–Crippen LogP) is 2.83. The van der Waals surface area contributed by atoms with Crippen LogP contribution in [0.5, 0.6) is 17.2 Å². The molecule has 0 heterocycles. The third kappa shape index (κ3) is 4.05. The van der Waals surface area contributed by atoms with Gasteiger partial charge in [0.2, 0.25) is 5.75 Å². The van der Waals surface area contributed by atoms with Crippen molar-refractivity contribution >= 4 is 5.97 Å². The van der Waals surface area contributed by atoms with Crippen LogP contribution in [0.25, 0.3) is 0 Å². The SMILES string of the molecule is COc1cc(C(=O)O)cc(OC)c1OCCC(C)C. The summed E-state index contributed by atoms with van der Waals surface area (Å²) in [6.07, 6.45) is 0.896. The zero-order valence-electron chi connectivity index (χ0n) is 11.7. The van der Waals surface area contributed by atoms with Crippen LogP contribution in [0.15, 0.2) is 12.1 Å². The molecule has 1 N–H and O–H groups in total. The van der Waals surface area contributed by atoms with Crippen LogP contribution in [-0.4, -0.2) is 31.9 Å². The van der Waals surface area contributed by atoms with Crippen molar-refractivity contribution in [2.75, 3.05) is 20.8 Å². The average molecular weight is 268 g/mol. The summed E-state index contributed by atoms with van der Waals surface area (Å²) in [5.41, 5.74) is 0.102. The van der Waals surface area contributed by atoms with Gasteiger partial charge in [0, 0.05) is 0 Å². The van der Waals surface area contributed by atoms with Gasteiger partial charge in [-0.2, -0.15) is 0 Å². The normalized spacial score (nSPS) is 10.4. The topological polar surface area (TPSA) is 65.0 Å². The molecule has 0 aromatic heterocycles. The minimum atomic E-state index is -1.04. The summed E-state index contributed by atoms with van der Waals surface area (Å²) in [5.74, 6) is 0.650. The van der Waals surface area contributed by atoms with Gasteiger partial charge in [0.15, 0.2) is 11.5 Å². The summed E-state index contributed by atoms with van der Waals surface area (Å²) in [5, 5.41) is 9.01. The van der Waals surface area contributed by atoms with Crippen molar-refractivity contribution in [2.24, 2.45) is 5.92 Å². The molecule has 5 nitrogen and oxygen atoms in total. The van der Waals surface area contributed by atoms with Gasteiger partial charge in [-0.05, 0) is 24.5 Å². The molecule has 0 unspecified atom stereocenters. The van der Waals surface area contributed by atoms with E-state index in [4.69, 9.17) is 19.3 Å². The van der Waals surface area contributed by atoms with Crippen LogP contribution in [0.4, 0.5) is 0 Å². The third-order valence-corrected chi connectivity index (χ3v) is 2.65. The van der Waals surface area contributed by atoms with Gasteiger partial charge < -0.3 is 19.3 Å². The first-order chi connectivity index (χ1) is 8.99. The highest BCUT2D eigenvalue weighted by molar-refractivity contribution is 5.89. The number of methoxy groups -OCH3 is 2. The Morgan fingerprint density at radius 1 is 1.21 bits per heavy atom. The lowest BCUT2D eigenvalue weighted by molar-refractivity contribution is 0.0696. The number of benzene rings is 1. The Balaban J connectivity index is 3.03. The van der Waals surface area contributed by atoms with Crippen molar-refractivity contribution in [2.45, 2.75) is 20.3 Å². The molecular formula is C14H20O5. The Hall–Kier alpha value is -1.91. The molecule has 0 spiro atoms. The van der Waals surface area contributed by atoms with E-state index in [0.717, 1.165) is 6.42 Å². The number of hydrogen-bond donors (Lipinski definition) is 1. The van der Waals surface area contributed by atoms with Crippen molar-refractivity contribution in [1.29, 1.82) is 0 Å². The van der Waals surface area contributed by atoms with Gasteiger partial charge in [0.05, 0.1) is 26.4 Å². The van der Waals surface area contributed by atoms with Crippen LogP contribution in [0.1, 0.15) is 30.6 Å². The van der Waals surface area contributed by atoms with E-state index in [2.05, 4.69) is 13.8 Å². The summed E-state index contributed by atoms with van der Waals surface area (Å²) in [7, 11) is 2.94. The molecule has 19 heavy (non-hydrogen) atoms. The number of rotatable bonds is 7. The second kappa shape index (κ2) is 6.87. The van der Waals surface area contributed by atoms with Gasteiger partial charge in [-0.3, -0.25) is 0 Å². The van der Waals surface area contributed by atoms with Crippen molar-refractivity contribution in [1.82, 2.24) is 0 Å². The minimum absolute atomic E-state index is 0.102. The number of ether oxygens (including phenoxy) is 3. The lowest BCUT2D eigenvalue weighted by atomic mass is 10.1. The van der Waals surface area contributed by atoms with E-state index in [0.29, 0.717) is 29.8 Å². The van der Waals surface area contributed by atoms with Crippen LogP contribution < -0.4 is 14.2 Å². The minimum Gasteiger partial charge on any atom is -0.493 e. The summed E-state index contributed by atoms with van der Waals surface area (Å²) < 4.78 is 16.0. The first kappa shape index (κ1) is 15.1. The molecule has 1 aromatic rings. The van der Waals surface area contributed by atoms with Crippen molar-refractivity contribution in [3.8, 4) is 17.2 Å². The van der Waals surface area contributed by atoms with Crippen LogP contribution in [0.2, 0.25) is 0 Å². The summed E-state index contributed by atoms with van der Waals surface area (Å²) in [6.45, 7) is 4.73. The second-order valence-corrected chi connectivity index (χ2v) is 4.55. The Bertz CT molecular complexity index is 414. The zero-order valence-corrected chi connectivity index (χ0v) is 11.7. The predicted molar refractivity (Wildman–Crippen MR) is 71.5 cm³/mol. The smallest absolute Gasteiger partial charge is 0.335 e. The highest BCUT2D eigenvalue weighted by Crippen LogP contribution is 2.38. The van der Waals surface area contributed by atoms with Gasteiger partial charge >= 0.3 is 5.97 Å². The Labute approximate surface area is 113 Å². The fourth-order valence-corrected chi connectivity index (χ4v) is 1.54. The lowest BCUT2D eigenvalue weighted by Crippen LogP contribution is -2.06. The molecule has 1 aromatic carbocycles. The van der Waals surface area contributed by atoms with E-state index in [1.54, 1.807) is 0 Å². The van der Waals surface area contributed by atoms with Gasteiger partial charge in [0.1, 0.15) is 0 Å². The molecule has 0 saturated carbocycles. The summed E-state index contributed by atoms with van der Waals surface area (Å²) in [6, 6.07) is 2.85. The van der Waals surface area contributed by atoms with Crippen LogP contribution >= 0.6 is 0 Å². The Morgan fingerprint density at radius 3 is 2.11 bits per heavy atom. The van der Waals surface area contributed by atoms with E-state index in [1.165, 1.54) is 26.4 Å². The maximum absolute atomic E-state index is 11.0. The molecule has 0 aliphatic carbocycles. The summed E-state index contributed by atoms with van der Waals surface area (Å²) in [4.78, 5) is 11.0. The highest BCUT2D eigenvalue weighted by Gasteiger charge is 2.17. The number of carboxylic acids is 1. The van der Waals surface area contributed by atoms with Crippen LogP contribution in [0.3, 0.4) is 0 Å². The molecule has 1 rings (SSSR count). The maximum Gasteiger partial charge on any atom is 0.335 e. The van der Waals surface area contributed by atoms with Crippen molar-refractivity contribution in [3.63, 3.8) is 0 Å². The molecular weight excluding hydrogens is 248 g/mol. The average Bonchev–Trinajstić information content (AvgIpc) is 2.37.